The van der Waals surface area contributed by atoms with Crippen LogP contribution in [0.4, 0.5) is 5.82 Å². The lowest BCUT2D eigenvalue weighted by Gasteiger charge is -2.14. The van der Waals surface area contributed by atoms with Crippen molar-refractivity contribution in [3.8, 4) is 11.3 Å². The van der Waals surface area contributed by atoms with Crippen LogP contribution in [-0.2, 0) is 9.53 Å². The number of thiazole rings is 1. The maximum atomic E-state index is 12.7. The van der Waals surface area contributed by atoms with Crippen LogP contribution in [0.15, 0.2) is 82.2 Å². The number of anilines is 1. The van der Waals surface area contributed by atoms with Gasteiger partial charge in [-0.15, -0.1) is 17.9 Å². The number of carbonyl (C=O) groups is 1. The third-order valence-electron chi connectivity index (χ3n) is 4.77. The van der Waals surface area contributed by atoms with Crippen molar-refractivity contribution in [2.75, 3.05) is 12.8 Å². The van der Waals surface area contributed by atoms with Gasteiger partial charge < -0.3 is 10.5 Å². The van der Waals surface area contributed by atoms with Crippen LogP contribution in [0.3, 0.4) is 0 Å². The molecule has 4 rings (SSSR count). The molecule has 1 aliphatic rings. The molecule has 0 saturated heterocycles. The molecule has 1 aromatic carbocycles. The number of nitrogen functional groups attached to an aromatic ring is 1. The van der Waals surface area contributed by atoms with E-state index in [4.69, 9.17) is 10.5 Å². The van der Waals surface area contributed by atoms with E-state index in [0.717, 1.165) is 11.3 Å². The summed E-state index contributed by atoms with van der Waals surface area (Å²) < 4.78 is 6.99. The van der Waals surface area contributed by atoms with Crippen molar-refractivity contribution >= 4 is 34.0 Å². The Bertz CT molecular complexity index is 1310. The third kappa shape index (κ3) is 3.40. The Hall–Kier alpha value is -3.71. The van der Waals surface area contributed by atoms with Crippen LogP contribution < -0.4 is 11.3 Å². The predicted octanol–water partition coefficient (Wildman–Crippen LogP) is 4.00. The van der Waals surface area contributed by atoms with Gasteiger partial charge in [0.15, 0.2) is 10.7 Å². The standard InChI is InChI=1S/C23H19N3O3S/c1-3-7-16-10-14(12-19(29-2)20(16)27)11-17-21(24)26-18(15-8-5-4-6-9-15)13-30-23(26)25-22(17)28/h3-6,8-13H,1,7,24H2,2H3/b14-11+. The van der Waals surface area contributed by atoms with Gasteiger partial charge in [0.25, 0.3) is 5.56 Å². The Labute approximate surface area is 177 Å². The van der Waals surface area contributed by atoms with Crippen molar-refractivity contribution in [3.05, 3.63) is 93.3 Å². The normalized spacial score (nSPS) is 15.2. The zero-order valence-corrected chi connectivity index (χ0v) is 17.1. The lowest BCUT2D eigenvalue weighted by molar-refractivity contribution is -0.115. The molecule has 0 amide bonds. The van der Waals surface area contributed by atoms with E-state index in [1.54, 1.807) is 28.7 Å². The van der Waals surface area contributed by atoms with Crippen LogP contribution in [0.5, 0.6) is 0 Å². The maximum Gasteiger partial charge on any atom is 0.283 e. The first-order valence-electron chi connectivity index (χ1n) is 9.22. The molecule has 0 saturated carbocycles. The summed E-state index contributed by atoms with van der Waals surface area (Å²) in [7, 11) is 1.44. The number of allylic oxidation sites excluding steroid dienone is 5. The fraction of sp³-hybridized carbons (Fsp3) is 0.0870. The highest BCUT2D eigenvalue weighted by molar-refractivity contribution is 7.15. The monoisotopic (exact) mass is 417 g/mol. The molecule has 0 atom stereocenters. The first-order chi connectivity index (χ1) is 14.5. The summed E-state index contributed by atoms with van der Waals surface area (Å²) in [5.41, 5.74) is 9.26. The molecule has 0 aliphatic heterocycles. The molecule has 2 N–H and O–H groups in total. The summed E-state index contributed by atoms with van der Waals surface area (Å²) >= 11 is 1.35. The number of carbonyl (C=O) groups excluding carboxylic acids is 1. The summed E-state index contributed by atoms with van der Waals surface area (Å²) in [5.74, 6) is 0.298. The van der Waals surface area contributed by atoms with Crippen molar-refractivity contribution in [2.45, 2.75) is 6.42 Å². The minimum atomic E-state index is -0.426. The van der Waals surface area contributed by atoms with Crippen molar-refractivity contribution in [1.29, 1.82) is 0 Å². The molecule has 2 aromatic heterocycles. The van der Waals surface area contributed by atoms with Crippen LogP contribution >= 0.6 is 11.3 Å². The van der Waals surface area contributed by atoms with E-state index < -0.39 is 5.56 Å². The van der Waals surface area contributed by atoms with E-state index in [0.29, 0.717) is 28.3 Å². The second kappa shape index (κ2) is 7.96. The second-order valence-corrected chi connectivity index (χ2v) is 7.51. The average molecular weight is 417 g/mol. The lowest BCUT2D eigenvalue weighted by Crippen LogP contribution is -2.17. The van der Waals surface area contributed by atoms with E-state index in [-0.39, 0.29) is 17.1 Å². The number of fused-ring (bicyclic) bond motifs is 1. The Kier molecular flexibility index (Phi) is 5.20. The summed E-state index contributed by atoms with van der Waals surface area (Å²) in [4.78, 5) is 29.8. The summed E-state index contributed by atoms with van der Waals surface area (Å²) in [6.45, 7) is 3.69. The number of ether oxygens (including phenoxy) is 1. The first kappa shape index (κ1) is 19.6. The number of aromatic nitrogens is 2. The number of Topliss-reactive ketones (excluding diaryl/α,β-unsaturated/α-hetero) is 1. The van der Waals surface area contributed by atoms with Gasteiger partial charge in [-0.1, -0.05) is 36.4 Å². The number of benzene rings is 1. The molecule has 2 heterocycles. The largest absolute Gasteiger partial charge is 0.493 e. The van der Waals surface area contributed by atoms with Gasteiger partial charge >= 0.3 is 0 Å². The van der Waals surface area contributed by atoms with Gasteiger partial charge in [0.1, 0.15) is 5.82 Å². The van der Waals surface area contributed by atoms with Gasteiger partial charge in [-0.05, 0) is 35.8 Å². The average Bonchev–Trinajstić information content (AvgIpc) is 3.17. The van der Waals surface area contributed by atoms with Gasteiger partial charge in [-0.3, -0.25) is 14.0 Å². The number of rotatable bonds is 5. The Balaban J connectivity index is 1.91. The highest BCUT2D eigenvalue weighted by atomic mass is 32.1. The van der Waals surface area contributed by atoms with Crippen LogP contribution in [0, 0.1) is 0 Å². The molecule has 0 unspecified atom stereocenters. The second-order valence-electron chi connectivity index (χ2n) is 6.67. The minimum absolute atomic E-state index is 0.197. The molecular weight excluding hydrogens is 398 g/mol. The highest BCUT2D eigenvalue weighted by Crippen LogP contribution is 2.29. The molecule has 0 radical (unpaired) electrons. The molecule has 0 spiro atoms. The number of ketones is 1. The van der Waals surface area contributed by atoms with Crippen molar-refractivity contribution in [1.82, 2.24) is 9.38 Å². The van der Waals surface area contributed by atoms with E-state index in [1.165, 1.54) is 18.4 Å². The lowest BCUT2D eigenvalue weighted by atomic mass is 9.95. The number of hydrogen-bond donors (Lipinski definition) is 1. The number of hydrogen-bond acceptors (Lipinski definition) is 6. The highest BCUT2D eigenvalue weighted by Gasteiger charge is 2.21. The summed E-state index contributed by atoms with van der Waals surface area (Å²) in [6, 6.07) is 9.77. The Morgan fingerprint density at radius 3 is 2.70 bits per heavy atom. The predicted molar refractivity (Wildman–Crippen MR) is 120 cm³/mol. The van der Waals surface area contributed by atoms with Crippen LogP contribution in [-0.4, -0.2) is 22.3 Å². The van der Waals surface area contributed by atoms with Crippen LogP contribution in [0.1, 0.15) is 12.0 Å². The number of methoxy groups -OCH3 is 1. The molecule has 0 fully saturated rings. The summed E-state index contributed by atoms with van der Waals surface area (Å²) in [5, 5.41) is 1.93. The smallest absolute Gasteiger partial charge is 0.283 e. The van der Waals surface area contributed by atoms with Crippen LogP contribution in [0.25, 0.3) is 22.3 Å². The van der Waals surface area contributed by atoms with Crippen molar-refractivity contribution < 1.29 is 9.53 Å². The van der Waals surface area contributed by atoms with E-state index in [1.807, 2.05) is 35.7 Å². The summed E-state index contributed by atoms with van der Waals surface area (Å²) in [6.07, 6.45) is 6.98. The Morgan fingerprint density at radius 1 is 1.23 bits per heavy atom. The fourth-order valence-corrected chi connectivity index (χ4v) is 4.23. The zero-order valence-electron chi connectivity index (χ0n) is 16.3. The molecule has 7 heteroatoms. The van der Waals surface area contributed by atoms with Gasteiger partial charge in [0.2, 0.25) is 5.78 Å². The van der Waals surface area contributed by atoms with Gasteiger partial charge in [0.05, 0.1) is 18.4 Å². The zero-order chi connectivity index (χ0) is 21.3. The molecule has 150 valence electrons. The van der Waals surface area contributed by atoms with Gasteiger partial charge in [-0.25, -0.2) is 0 Å². The van der Waals surface area contributed by atoms with Gasteiger partial charge in [0, 0.05) is 11.0 Å². The molecule has 3 aromatic rings. The van der Waals surface area contributed by atoms with E-state index >= 15 is 0 Å². The molecule has 0 bridgehead atoms. The van der Waals surface area contributed by atoms with Crippen molar-refractivity contribution in [2.24, 2.45) is 0 Å². The maximum absolute atomic E-state index is 12.7. The first-order valence-corrected chi connectivity index (χ1v) is 10.1. The Morgan fingerprint density at radius 2 is 2.00 bits per heavy atom. The molecule has 30 heavy (non-hydrogen) atoms. The number of nitrogens with zero attached hydrogens (tertiary/aromatic N) is 2. The molecule has 1 aliphatic carbocycles. The SMILES string of the molecule is C=CCC1=C/C(=C\c2c(N)n3c(-c4ccccc4)csc3nc2=O)C=C(OC)C1=O. The topological polar surface area (TPSA) is 86.7 Å². The molecular formula is C23H19N3O3S. The fourth-order valence-electron chi connectivity index (χ4n) is 3.34. The van der Waals surface area contributed by atoms with E-state index in [2.05, 4.69) is 11.6 Å². The quantitative estimate of drug-likeness (QED) is 0.634. The van der Waals surface area contributed by atoms with Crippen LogP contribution in [0.2, 0.25) is 0 Å². The molecule has 6 nitrogen and oxygen atoms in total. The third-order valence-corrected chi connectivity index (χ3v) is 5.60. The number of nitrogens with two attached hydrogens (primary N) is 1. The van der Waals surface area contributed by atoms with Crippen molar-refractivity contribution in [3.63, 3.8) is 0 Å². The minimum Gasteiger partial charge on any atom is -0.493 e. The van der Waals surface area contributed by atoms with E-state index in [9.17, 15) is 9.59 Å². The van der Waals surface area contributed by atoms with Gasteiger partial charge in [-0.2, -0.15) is 4.98 Å².